The van der Waals surface area contributed by atoms with Gasteiger partial charge in [0, 0.05) is 31.8 Å². The summed E-state index contributed by atoms with van der Waals surface area (Å²) in [6.45, 7) is 4.44. The van der Waals surface area contributed by atoms with Crippen LogP contribution in [0.4, 0.5) is 0 Å². The fourth-order valence-electron chi connectivity index (χ4n) is 1.88. The monoisotopic (exact) mass is 354 g/mol. The van der Waals surface area contributed by atoms with Gasteiger partial charge in [0.2, 0.25) is 0 Å². The molecular weight excluding hydrogens is 336 g/mol. The highest BCUT2D eigenvalue weighted by atomic mass is 79.9. The molecule has 5 nitrogen and oxygen atoms in total. The maximum atomic E-state index is 5.88. The molecule has 1 N–H and O–H groups in total. The van der Waals surface area contributed by atoms with Crippen molar-refractivity contribution in [3.05, 3.63) is 45.8 Å². The average Bonchev–Trinajstić information content (AvgIpc) is 2.88. The molecule has 21 heavy (non-hydrogen) atoms. The zero-order chi connectivity index (χ0) is 15.1. The van der Waals surface area contributed by atoms with Crippen LogP contribution < -0.4 is 10.1 Å². The molecule has 114 valence electrons. The Morgan fingerprint density at radius 2 is 2.24 bits per heavy atom. The van der Waals surface area contributed by atoms with Crippen LogP contribution in [0, 0.1) is 6.92 Å². The van der Waals surface area contributed by atoms with Crippen LogP contribution in [0.5, 0.6) is 5.75 Å². The maximum Gasteiger partial charge on any atom is 0.138 e. The van der Waals surface area contributed by atoms with Gasteiger partial charge in [-0.05, 0) is 28.9 Å². The van der Waals surface area contributed by atoms with Crippen molar-refractivity contribution in [3.8, 4) is 5.75 Å². The van der Waals surface area contributed by atoms with Gasteiger partial charge in [0.25, 0.3) is 0 Å². The number of benzene rings is 1. The molecule has 0 aliphatic heterocycles. The Labute approximate surface area is 132 Å². The summed E-state index contributed by atoms with van der Waals surface area (Å²) in [5, 5.41) is 7.24. The molecule has 1 aromatic heterocycles. The zero-order valence-corrected chi connectivity index (χ0v) is 13.8. The topological polar surface area (TPSA) is 56.5 Å². The van der Waals surface area contributed by atoms with Gasteiger partial charge in [0.1, 0.15) is 23.8 Å². The van der Waals surface area contributed by atoms with Gasteiger partial charge in [-0.2, -0.15) is 0 Å². The van der Waals surface area contributed by atoms with Gasteiger partial charge < -0.3 is 19.3 Å². The van der Waals surface area contributed by atoms with E-state index in [0.717, 1.165) is 40.3 Å². The first-order valence-corrected chi connectivity index (χ1v) is 7.52. The number of aromatic nitrogens is 1. The summed E-state index contributed by atoms with van der Waals surface area (Å²) in [4.78, 5) is 0. The lowest BCUT2D eigenvalue weighted by Gasteiger charge is -2.13. The molecule has 0 saturated carbocycles. The third-order valence-corrected chi connectivity index (χ3v) is 3.51. The van der Waals surface area contributed by atoms with Gasteiger partial charge in [0.05, 0.1) is 11.1 Å². The molecule has 0 atom stereocenters. The van der Waals surface area contributed by atoms with Crippen LogP contribution in [0.15, 0.2) is 33.3 Å². The molecule has 0 fully saturated rings. The van der Waals surface area contributed by atoms with Crippen molar-refractivity contribution in [2.24, 2.45) is 0 Å². The molecule has 0 saturated heterocycles. The number of methoxy groups -OCH3 is 1. The van der Waals surface area contributed by atoms with E-state index in [1.807, 2.05) is 31.2 Å². The third-order valence-electron chi connectivity index (χ3n) is 2.89. The van der Waals surface area contributed by atoms with Crippen molar-refractivity contribution in [1.29, 1.82) is 0 Å². The second-order valence-corrected chi connectivity index (χ2v) is 5.47. The van der Waals surface area contributed by atoms with E-state index < -0.39 is 0 Å². The minimum Gasteiger partial charge on any atom is -0.486 e. The second kappa shape index (κ2) is 8.17. The molecule has 0 unspecified atom stereocenters. The minimum absolute atomic E-state index is 0.380. The van der Waals surface area contributed by atoms with Gasteiger partial charge in [-0.15, -0.1) is 0 Å². The molecule has 1 heterocycles. The standard InChI is InChI=1S/C15H19BrN2O3/c1-11-8-13(18-21-11)10-20-15-12(4-3-5-14(15)16)9-17-6-7-19-2/h3-5,8,17H,6-7,9-10H2,1-2H3. The quantitative estimate of drug-likeness (QED) is 0.738. The van der Waals surface area contributed by atoms with Gasteiger partial charge in [-0.1, -0.05) is 17.3 Å². The highest BCUT2D eigenvalue weighted by Gasteiger charge is 2.09. The number of hydrogen-bond acceptors (Lipinski definition) is 5. The molecule has 2 aromatic rings. The molecule has 0 radical (unpaired) electrons. The van der Waals surface area contributed by atoms with Crippen LogP contribution in [0.1, 0.15) is 17.0 Å². The molecule has 0 bridgehead atoms. The zero-order valence-electron chi connectivity index (χ0n) is 12.2. The van der Waals surface area contributed by atoms with E-state index in [1.54, 1.807) is 7.11 Å². The van der Waals surface area contributed by atoms with Crippen LogP contribution in [0.2, 0.25) is 0 Å². The van der Waals surface area contributed by atoms with Crippen molar-refractivity contribution < 1.29 is 14.0 Å². The lowest BCUT2D eigenvalue weighted by molar-refractivity contribution is 0.199. The first-order chi connectivity index (χ1) is 10.2. The van der Waals surface area contributed by atoms with E-state index >= 15 is 0 Å². The molecule has 0 spiro atoms. The van der Waals surface area contributed by atoms with E-state index in [9.17, 15) is 0 Å². The number of halogens is 1. The first-order valence-electron chi connectivity index (χ1n) is 6.72. The van der Waals surface area contributed by atoms with E-state index in [4.69, 9.17) is 14.0 Å². The van der Waals surface area contributed by atoms with E-state index in [2.05, 4.69) is 26.4 Å². The second-order valence-electron chi connectivity index (χ2n) is 4.62. The van der Waals surface area contributed by atoms with E-state index in [-0.39, 0.29) is 0 Å². The highest BCUT2D eigenvalue weighted by molar-refractivity contribution is 9.10. The van der Waals surface area contributed by atoms with E-state index in [0.29, 0.717) is 13.2 Å². The highest BCUT2D eigenvalue weighted by Crippen LogP contribution is 2.29. The smallest absolute Gasteiger partial charge is 0.138 e. The summed E-state index contributed by atoms with van der Waals surface area (Å²) in [5.41, 5.74) is 1.86. The van der Waals surface area contributed by atoms with Gasteiger partial charge >= 0.3 is 0 Å². The Hall–Kier alpha value is -1.37. The molecular formula is C15H19BrN2O3. The number of nitrogens with one attached hydrogen (secondary N) is 1. The van der Waals surface area contributed by atoms with Crippen molar-refractivity contribution in [2.45, 2.75) is 20.1 Å². The fraction of sp³-hybridized carbons (Fsp3) is 0.400. The van der Waals surface area contributed by atoms with Crippen molar-refractivity contribution >= 4 is 15.9 Å². The van der Waals surface area contributed by atoms with Crippen LogP contribution in [-0.2, 0) is 17.9 Å². The Kier molecular flexibility index (Phi) is 6.22. The number of rotatable bonds is 8. The molecule has 0 aliphatic carbocycles. The van der Waals surface area contributed by atoms with Crippen molar-refractivity contribution in [3.63, 3.8) is 0 Å². The molecule has 6 heteroatoms. The lowest BCUT2D eigenvalue weighted by atomic mass is 10.2. The largest absolute Gasteiger partial charge is 0.486 e. The Bertz CT molecular complexity index is 572. The Morgan fingerprint density at radius 3 is 2.95 bits per heavy atom. The molecule has 0 aliphatic rings. The Balaban J connectivity index is 1.99. The number of para-hydroxylation sites is 1. The normalized spacial score (nSPS) is 10.8. The predicted molar refractivity (Wildman–Crippen MR) is 83.3 cm³/mol. The summed E-state index contributed by atoms with van der Waals surface area (Å²) in [6, 6.07) is 7.86. The predicted octanol–water partition coefficient (Wildman–Crippen LogP) is 3.06. The van der Waals surface area contributed by atoms with Gasteiger partial charge in [-0.25, -0.2) is 0 Å². The summed E-state index contributed by atoms with van der Waals surface area (Å²) in [7, 11) is 1.69. The van der Waals surface area contributed by atoms with E-state index in [1.165, 1.54) is 0 Å². The summed E-state index contributed by atoms with van der Waals surface area (Å²) in [6.07, 6.45) is 0. The number of aryl methyl sites for hydroxylation is 1. The first kappa shape index (κ1) is 16.0. The van der Waals surface area contributed by atoms with Crippen LogP contribution >= 0.6 is 15.9 Å². The van der Waals surface area contributed by atoms with Gasteiger partial charge in [0.15, 0.2) is 0 Å². The van der Waals surface area contributed by atoms with Gasteiger partial charge in [-0.3, -0.25) is 0 Å². The van der Waals surface area contributed by atoms with Crippen LogP contribution in [0.3, 0.4) is 0 Å². The molecule has 2 rings (SSSR count). The minimum atomic E-state index is 0.380. The average molecular weight is 355 g/mol. The Morgan fingerprint density at radius 1 is 1.38 bits per heavy atom. The molecule has 0 amide bonds. The number of ether oxygens (including phenoxy) is 2. The summed E-state index contributed by atoms with van der Waals surface area (Å²) < 4.78 is 16.9. The fourth-order valence-corrected chi connectivity index (χ4v) is 2.41. The number of hydrogen-bond donors (Lipinski definition) is 1. The summed E-state index contributed by atoms with van der Waals surface area (Å²) >= 11 is 3.53. The number of nitrogens with zero attached hydrogens (tertiary/aromatic N) is 1. The maximum absolute atomic E-state index is 5.88. The van der Waals surface area contributed by atoms with Crippen LogP contribution in [-0.4, -0.2) is 25.4 Å². The van der Waals surface area contributed by atoms with Crippen molar-refractivity contribution in [1.82, 2.24) is 10.5 Å². The van der Waals surface area contributed by atoms with Crippen molar-refractivity contribution in [2.75, 3.05) is 20.3 Å². The SMILES string of the molecule is COCCNCc1cccc(Br)c1OCc1cc(C)on1. The lowest BCUT2D eigenvalue weighted by Crippen LogP contribution is -2.19. The summed E-state index contributed by atoms with van der Waals surface area (Å²) in [5.74, 6) is 1.60. The third kappa shape index (κ3) is 4.84. The molecule has 1 aromatic carbocycles. The van der Waals surface area contributed by atoms with Crippen LogP contribution in [0.25, 0.3) is 0 Å².